The van der Waals surface area contributed by atoms with Crippen LogP contribution in [0.25, 0.3) is 0 Å². The number of alkyl halides is 6. The Kier molecular flexibility index (Phi) is 12.5. The summed E-state index contributed by atoms with van der Waals surface area (Å²) in [5.74, 6) is -1.93. The van der Waals surface area contributed by atoms with Crippen LogP contribution in [0, 0.1) is 0 Å². The SMILES string of the molecule is CCOC(=O)CCCCCCCCCCc1cc(OS(=O)(=O)C(F)(F)F)ccc1OS(=O)(=O)C(F)(F)F. The van der Waals surface area contributed by atoms with E-state index in [9.17, 15) is 48.0 Å². The second-order valence-electron chi connectivity index (χ2n) is 7.87. The first-order valence-electron chi connectivity index (χ1n) is 11.3. The highest BCUT2D eigenvalue weighted by atomic mass is 32.2. The summed E-state index contributed by atoms with van der Waals surface area (Å²) in [6.45, 7) is 2.05. The van der Waals surface area contributed by atoms with Crippen LogP contribution >= 0.6 is 0 Å². The normalized spacial score (nSPS) is 12.8. The molecule has 0 fully saturated rings. The van der Waals surface area contributed by atoms with Gasteiger partial charge in [0.05, 0.1) is 6.61 Å². The number of esters is 1. The van der Waals surface area contributed by atoms with Crippen LogP contribution in [0.3, 0.4) is 0 Å². The lowest BCUT2D eigenvalue weighted by atomic mass is 10.0. The molecule has 0 saturated carbocycles. The van der Waals surface area contributed by atoms with Crippen molar-refractivity contribution in [1.29, 1.82) is 0 Å². The third-order valence-electron chi connectivity index (χ3n) is 4.89. The van der Waals surface area contributed by atoms with Gasteiger partial charge in [-0.1, -0.05) is 38.5 Å². The van der Waals surface area contributed by atoms with E-state index in [1.807, 2.05) is 0 Å². The highest BCUT2D eigenvalue weighted by Crippen LogP contribution is 2.34. The number of carbonyl (C=O) groups excluding carboxylic acids is 1. The van der Waals surface area contributed by atoms with E-state index in [0.717, 1.165) is 25.7 Å². The molecule has 0 spiro atoms. The summed E-state index contributed by atoms with van der Waals surface area (Å²) in [5, 5.41) is 0. The zero-order chi connectivity index (χ0) is 28.3. The van der Waals surface area contributed by atoms with Crippen molar-refractivity contribution in [2.75, 3.05) is 6.61 Å². The smallest absolute Gasteiger partial charge is 0.466 e. The van der Waals surface area contributed by atoms with Crippen molar-refractivity contribution < 1.29 is 61.1 Å². The van der Waals surface area contributed by atoms with E-state index in [1.165, 1.54) is 0 Å². The molecule has 0 aromatic heterocycles. The Morgan fingerprint density at radius 1 is 0.757 bits per heavy atom. The number of carbonyl (C=O) groups is 1. The Bertz CT molecular complexity index is 1080. The van der Waals surface area contributed by atoms with Crippen molar-refractivity contribution in [2.45, 2.75) is 82.1 Å². The van der Waals surface area contributed by atoms with E-state index in [0.29, 0.717) is 56.9 Å². The lowest BCUT2D eigenvalue weighted by Gasteiger charge is -2.15. The van der Waals surface area contributed by atoms with Crippen LogP contribution < -0.4 is 8.37 Å². The monoisotopic (exact) mass is 586 g/mol. The molecular weight excluding hydrogens is 558 g/mol. The largest absolute Gasteiger partial charge is 0.534 e. The molecule has 0 N–H and O–H groups in total. The molecule has 0 amide bonds. The predicted molar refractivity (Wildman–Crippen MR) is 120 cm³/mol. The van der Waals surface area contributed by atoms with Crippen molar-refractivity contribution in [3.63, 3.8) is 0 Å². The van der Waals surface area contributed by atoms with Crippen LogP contribution in [-0.4, -0.2) is 40.4 Å². The van der Waals surface area contributed by atoms with Gasteiger partial charge >= 0.3 is 37.2 Å². The first-order valence-corrected chi connectivity index (χ1v) is 14.1. The number of hydrogen-bond donors (Lipinski definition) is 0. The highest BCUT2D eigenvalue weighted by molar-refractivity contribution is 7.88. The van der Waals surface area contributed by atoms with E-state index in [4.69, 9.17) is 4.74 Å². The summed E-state index contributed by atoms with van der Waals surface area (Å²) in [5.41, 5.74) is -11.8. The van der Waals surface area contributed by atoms with Gasteiger partial charge in [-0.2, -0.15) is 43.2 Å². The van der Waals surface area contributed by atoms with Crippen molar-refractivity contribution in [3.8, 4) is 11.5 Å². The topological polar surface area (TPSA) is 113 Å². The van der Waals surface area contributed by atoms with Gasteiger partial charge in [0.15, 0.2) is 0 Å². The fraction of sp³-hybridized carbons (Fsp3) is 0.667. The fourth-order valence-corrected chi connectivity index (χ4v) is 4.05. The first kappa shape index (κ1) is 32.8. The van der Waals surface area contributed by atoms with Crippen LogP contribution in [0.1, 0.15) is 70.3 Å². The lowest BCUT2D eigenvalue weighted by molar-refractivity contribution is -0.143. The molecule has 16 heteroatoms. The molecule has 0 bridgehead atoms. The van der Waals surface area contributed by atoms with Crippen LogP contribution in [0.5, 0.6) is 11.5 Å². The van der Waals surface area contributed by atoms with Crippen LogP contribution in [0.15, 0.2) is 18.2 Å². The molecule has 8 nitrogen and oxygen atoms in total. The van der Waals surface area contributed by atoms with Gasteiger partial charge in [-0.25, -0.2) is 0 Å². The number of aryl methyl sites for hydroxylation is 1. The van der Waals surface area contributed by atoms with E-state index >= 15 is 0 Å². The Morgan fingerprint density at radius 2 is 1.24 bits per heavy atom. The number of rotatable bonds is 16. The summed E-state index contributed by atoms with van der Waals surface area (Å²) in [6, 6.07) is 1.83. The molecule has 0 unspecified atom stereocenters. The van der Waals surface area contributed by atoms with Gasteiger partial charge in [0.25, 0.3) is 0 Å². The third-order valence-corrected chi connectivity index (χ3v) is 6.83. The van der Waals surface area contributed by atoms with Gasteiger partial charge in [-0.15, -0.1) is 0 Å². The second-order valence-corrected chi connectivity index (χ2v) is 10.9. The minimum absolute atomic E-state index is 0.120. The molecule has 0 radical (unpaired) electrons. The van der Waals surface area contributed by atoms with Gasteiger partial charge < -0.3 is 13.1 Å². The van der Waals surface area contributed by atoms with Crippen LogP contribution in [0.2, 0.25) is 0 Å². The summed E-state index contributed by atoms with van der Waals surface area (Å²) in [6.07, 6.45) is 5.83. The zero-order valence-corrected chi connectivity index (χ0v) is 21.5. The molecule has 1 rings (SSSR count). The summed E-state index contributed by atoms with van der Waals surface area (Å²) in [7, 11) is -12.1. The number of unbranched alkanes of at least 4 members (excludes halogenated alkanes) is 7. The molecule has 0 aliphatic carbocycles. The van der Waals surface area contributed by atoms with Crippen molar-refractivity contribution in [1.82, 2.24) is 0 Å². The average Bonchev–Trinajstić information content (AvgIpc) is 2.75. The molecule has 37 heavy (non-hydrogen) atoms. The quantitative estimate of drug-likeness (QED) is 0.0790. The van der Waals surface area contributed by atoms with Gasteiger partial charge in [-0.3, -0.25) is 4.79 Å². The number of halogens is 6. The minimum atomic E-state index is -6.07. The van der Waals surface area contributed by atoms with E-state index in [1.54, 1.807) is 6.92 Å². The molecule has 0 saturated heterocycles. The number of benzene rings is 1. The summed E-state index contributed by atoms with van der Waals surface area (Å²) >= 11 is 0. The maximum atomic E-state index is 12.7. The fourth-order valence-electron chi connectivity index (χ4n) is 3.10. The average molecular weight is 587 g/mol. The Labute approximate surface area is 211 Å². The second kappa shape index (κ2) is 14.1. The molecule has 0 heterocycles. The number of ether oxygens (including phenoxy) is 1. The van der Waals surface area contributed by atoms with Gasteiger partial charge in [0.1, 0.15) is 11.5 Å². The van der Waals surface area contributed by atoms with Crippen molar-refractivity contribution in [3.05, 3.63) is 23.8 Å². The standard InChI is InChI=1S/C21H28F6O8S2/c1-2-33-19(28)12-10-8-6-4-3-5-7-9-11-16-15-17(34-36(29,30)20(22,23)24)13-14-18(16)35-37(31,32)21(25,26)27/h13-15H,2-12H2,1H3. The summed E-state index contributed by atoms with van der Waals surface area (Å²) in [4.78, 5) is 11.2. The molecule has 1 aromatic rings. The predicted octanol–water partition coefficient (Wildman–Crippen LogP) is 5.76. The third kappa shape index (κ3) is 11.4. The summed E-state index contributed by atoms with van der Waals surface area (Å²) < 4.78 is 134. The Hall–Kier alpha value is -2.23. The molecule has 0 aliphatic heterocycles. The molecule has 0 atom stereocenters. The van der Waals surface area contributed by atoms with Crippen molar-refractivity contribution in [2.24, 2.45) is 0 Å². The molecule has 1 aromatic carbocycles. The van der Waals surface area contributed by atoms with Crippen LogP contribution in [-0.2, 0) is 36.2 Å². The minimum Gasteiger partial charge on any atom is -0.466 e. The first-order chi connectivity index (χ1) is 17.0. The maximum absolute atomic E-state index is 12.7. The van der Waals surface area contributed by atoms with Gasteiger partial charge in [0.2, 0.25) is 0 Å². The van der Waals surface area contributed by atoms with E-state index < -0.39 is 42.8 Å². The lowest BCUT2D eigenvalue weighted by Crippen LogP contribution is -2.29. The van der Waals surface area contributed by atoms with E-state index in [-0.39, 0.29) is 18.0 Å². The molecule has 214 valence electrons. The van der Waals surface area contributed by atoms with E-state index in [2.05, 4.69) is 8.37 Å². The zero-order valence-electron chi connectivity index (χ0n) is 19.9. The molecular formula is C21H28F6O8S2. The van der Waals surface area contributed by atoms with Gasteiger partial charge in [0, 0.05) is 6.42 Å². The maximum Gasteiger partial charge on any atom is 0.534 e. The molecule has 0 aliphatic rings. The number of hydrogen-bond acceptors (Lipinski definition) is 8. The Morgan fingerprint density at radius 3 is 1.76 bits per heavy atom. The van der Waals surface area contributed by atoms with Crippen molar-refractivity contribution >= 4 is 26.2 Å². The van der Waals surface area contributed by atoms with Crippen LogP contribution in [0.4, 0.5) is 26.3 Å². The Balaban J connectivity index is 2.72. The van der Waals surface area contributed by atoms with Gasteiger partial charge in [-0.05, 0) is 49.9 Å². The highest BCUT2D eigenvalue weighted by Gasteiger charge is 2.49.